The first-order valence-electron chi connectivity index (χ1n) is 7.59. The lowest BCUT2D eigenvalue weighted by molar-refractivity contribution is 0.146. The molecule has 1 atom stereocenters. The van der Waals surface area contributed by atoms with Crippen LogP contribution in [-0.2, 0) is 11.4 Å². The summed E-state index contributed by atoms with van der Waals surface area (Å²) in [7, 11) is 0. The molecule has 8 heteroatoms. The minimum absolute atomic E-state index is 0.00129. The fraction of sp³-hybridized carbons (Fsp3) is 0.278. The maximum absolute atomic E-state index is 14.0. The van der Waals surface area contributed by atoms with E-state index in [1.165, 1.54) is 18.2 Å². The minimum Gasteiger partial charge on any atom is -0.591 e. The predicted molar refractivity (Wildman–Crippen MR) is 93.8 cm³/mol. The van der Waals surface area contributed by atoms with Crippen LogP contribution in [-0.4, -0.2) is 20.0 Å². The van der Waals surface area contributed by atoms with Crippen molar-refractivity contribution in [3.8, 4) is 6.07 Å². The van der Waals surface area contributed by atoms with Crippen LogP contribution in [0.4, 0.5) is 13.2 Å². The maximum atomic E-state index is 14.0. The van der Waals surface area contributed by atoms with E-state index in [1.54, 1.807) is 26.8 Å². The van der Waals surface area contributed by atoms with Gasteiger partial charge in [0.1, 0.15) is 39.4 Å². The number of halogens is 3. The highest BCUT2D eigenvalue weighted by Crippen LogP contribution is 2.25. The molecule has 1 heterocycles. The predicted octanol–water partition coefficient (Wildman–Crippen LogP) is 4.33. The molecule has 2 rings (SSSR count). The van der Waals surface area contributed by atoms with Gasteiger partial charge in [-0.3, -0.25) is 4.98 Å². The molecule has 1 aromatic carbocycles. The molecule has 0 radical (unpaired) electrons. The Morgan fingerprint density at radius 3 is 2.58 bits per heavy atom. The summed E-state index contributed by atoms with van der Waals surface area (Å²) in [6, 6.07) is 8.15. The second-order valence-corrected chi connectivity index (χ2v) is 8.25. The quantitative estimate of drug-likeness (QED) is 0.586. The first-order chi connectivity index (χ1) is 12.1. The monoisotopic (exact) mass is 379 g/mol. The second kappa shape index (κ2) is 7.89. The fourth-order valence-electron chi connectivity index (χ4n) is 2.03. The van der Waals surface area contributed by atoms with Crippen molar-refractivity contribution < 1.29 is 17.7 Å². The summed E-state index contributed by atoms with van der Waals surface area (Å²) in [5.41, 5.74) is -0.538. The lowest BCUT2D eigenvalue weighted by Crippen LogP contribution is -2.27. The number of nitrogens with zero attached hydrogens (tertiary/aromatic N) is 3. The van der Waals surface area contributed by atoms with Crippen molar-refractivity contribution in [2.75, 3.05) is 0 Å². The highest BCUT2D eigenvalue weighted by Gasteiger charge is 2.29. The summed E-state index contributed by atoms with van der Waals surface area (Å²) in [6.07, 6.45) is -1.65. The van der Waals surface area contributed by atoms with Crippen molar-refractivity contribution in [2.45, 2.75) is 31.9 Å². The third-order valence-corrected chi connectivity index (χ3v) is 4.75. The van der Waals surface area contributed by atoms with Gasteiger partial charge in [-0.2, -0.15) is 5.26 Å². The smallest absolute Gasteiger partial charge is 0.280 e. The van der Waals surface area contributed by atoms with Crippen LogP contribution in [0.1, 0.15) is 49.6 Å². The van der Waals surface area contributed by atoms with E-state index >= 15 is 0 Å². The van der Waals surface area contributed by atoms with Gasteiger partial charge in [-0.05, 0) is 39.0 Å². The van der Waals surface area contributed by atoms with Crippen molar-refractivity contribution >= 4 is 17.1 Å². The number of pyridine rings is 1. The molecule has 0 fully saturated rings. The van der Waals surface area contributed by atoms with Crippen LogP contribution in [0.15, 0.2) is 40.9 Å². The second-order valence-electron chi connectivity index (χ2n) is 6.35. The van der Waals surface area contributed by atoms with E-state index < -0.39 is 34.0 Å². The largest absolute Gasteiger partial charge is 0.591 e. The van der Waals surface area contributed by atoms with Crippen LogP contribution in [0.3, 0.4) is 0 Å². The summed E-state index contributed by atoms with van der Waals surface area (Å²) in [5, 5.41) is 9.28. The molecule has 0 aliphatic heterocycles. The van der Waals surface area contributed by atoms with Crippen LogP contribution in [0, 0.1) is 17.1 Å². The molecule has 0 N–H and O–H groups in total. The molecule has 26 heavy (non-hydrogen) atoms. The zero-order valence-electron chi connectivity index (χ0n) is 14.3. The van der Waals surface area contributed by atoms with E-state index in [9.17, 15) is 23.0 Å². The summed E-state index contributed by atoms with van der Waals surface area (Å²) in [4.78, 5) is 3.58. The summed E-state index contributed by atoms with van der Waals surface area (Å²) < 4.78 is 55.9. The highest BCUT2D eigenvalue weighted by molar-refractivity contribution is 7.91. The van der Waals surface area contributed by atoms with E-state index in [0.717, 1.165) is 18.3 Å². The molecule has 0 spiro atoms. The Morgan fingerprint density at radius 2 is 2.00 bits per heavy atom. The number of benzene rings is 1. The van der Waals surface area contributed by atoms with Gasteiger partial charge in [-0.1, -0.05) is 16.5 Å². The van der Waals surface area contributed by atoms with Gasteiger partial charge in [0.05, 0.1) is 5.56 Å². The van der Waals surface area contributed by atoms with Gasteiger partial charge >= 0.3 is 0 Å². The molecule has 0 bridgehead atoms. The van der Waals surface area contributed by atoms with Crippen LogP contribution < -0.4 is 0 Å². The zero-order valence-corrected chi connectivity index (χ0v) is 15.1. The standard InChI is InChI=1S/C18H16F3N3OS/c1-18(2,3)26(25)24-16(11-7-8-23-15(9-11)17(20)21)12-5-4-6-14(19)13(12)10-22/h4-9,17H,1-3H3/b24-16+/t26-/m1/s1. The minimum atomic E-state index is -2.81. The van der Waals surface area contributed by atoms with Crippen LogP contribution in [0.5, 0.6) is 0 Å². The average molecular weight is 379 g/mol. The first-order valence-corrected chi connectivity index (χ1v) is 8.70. The summed E-state index contributed by atoms with van der Waals surface area (Å²) in [5.74, 6) is -0.776. The van der Waals surface area contributed by atoms with Crippen molar-refractivity contribution in [1.29, 1.82) is 5.26 Å². The molecule has 0 aliphatic rings. The Kier molecular flexibility index (Phi) is 6.05. The van der Waals surface area contributed by atoms with E-state index in [2.05, 4.69) is 9.38 Å². The first kappa shape index (κ1) is 19.9. The van der Waals surface area contributed by atoms with Crippen LogP contribution in [0.25, 0.3) is 0 Å². The SMILES string of the molecule is CC(C)(C)[S@@+]([O-])/N=C(\c1ccnc(C(F)F)c1)c1cccc(F)c1C#N. The summed E-state index contributed by atoms with van der Waals surface area (Å²) >= 11 is -1.75. The number of alkyl halides is 2. The topological polar surface area (TPSA) is 72.1 Å². The van der Waals surface area contributed by atoms with Crippen LogP contribution in [0.2, 0.25) is 0 Å². The molecule has 0 aliphatic carbocycles. The van der Waals surface area contributed by atoms with E-state index in [-0.39, 0.29) is 22.4 Å². The molecule has 2 aromatic rings. The number of nitriles is 1. The lowest BCUT2D eigenvalue weighted by atomic mass is 9.98. The van der Waals surface area contributed by atoms with Gasteiger partial charge in [0.25, 0.3) is 6.43 Å². The Balaban J connectivity index is 2.73. The van der Waals surface area contributed by atoms with Gasteiger partial charge in [0.2, 0.25) is 0 Å². The molecular formula is C18H16F3N3OS. The number of hydrogen-bond acceptors (Lipinski definition) is 4. The number of hydrogen-bond donors (Lipinski definition) is 0. The van der Waals surface area contributed by atoms with Crippen molar-refractivity contribution in [2.24, 2.45) is 4.40 Å². The molecule has 0 saturated carbocycles. The molecule has 136 valence electrons. The Labute approximate surface area is 152 Å². The number of rotatable bonds is 4. The van der Waals surface area contributed by atoms with Gasteiger partial charge in [0, 0.05) is 17.3 Å². The molecule has 4 nitrogen and oxygen atoms in total. The third-order valence-electron chi connectivity index (χ3n) is 3.36. The van der Waals surface area contributed by atoms with Gasteiger partial charge in [0.15, 0.2) is 0 Å². The fourth-order valence-corrected chi connectivity index (χ4v) is 2.67. The van der Waals surface area contributed by atoms with Crippen molar-refractivity contribution in [1.82, 2.24) is 4.98 Å². The molecule has 0 amide bonds. The van der Waals surface area contributed by atoms with Gasteiger partial charge < -0.3 is 4.55 Å². The molecule has 0 saturated heterocycles. The van der Waals surface area contributed by atoms with E-state index in [4.69, 9.17) is 0 Å². The Morgan fingerprint density at radius 1 is 1.31 bits per heavy atom. The van der Waals surface area contributed by atoms with Gasteiger partial charge in [-0.15, -0.1) is 0 Å². The third kappa shape index (κ3) is 4.42. The zero-order chi connectivity index (χ0) is 19.5. The Bertz CT molecular complexity index is 873. The summed E-state index contributed by atoms with van der Waals surface area (Å²) in [6.45, 7) is 5.08. The lowest BCUT2D eigenvalue weighted by Gasteiger charge is -2.20. The normalized spacial score (nSPS) is 13.6. The number of aromatic nitrogens is 1. The van der Waals surface area contributed by atoms with E-state index in [1.807, 2.05) is 0 Å². The maximum Gasteiger partial charge on any atom is 0.280 e. The Hall–Kier alpha value is -2.37. The van der Waals surface area contributed by atoms with E-state index in [0.29, 0.717) is 0 Å². The average Bonchev–Trinajstić information content (AvgIpc) is 2.58. The van der Waals surface area contributed by atoms with Crippen molar-refractivity contribution in [3.05, 3.63) is 64.7 Å². The molecule has 1 aromatic heterocycles. The van der Waals surface area contributed by atoms with Crippen molar-refractivity contribution in [3.63, 3.8) is 0 Å². The molecular weight excluding hydrogens is 363 g/mol. The van der Waals surface area contributed by atoms with Crippen LogP contribution >= 0.6 is 0 Å². The highest BCUT2D eigenvalue weighted by atomic mass is 32.2. The van der Waals surface area contributed by atoms with Gasteiger partial charge in [-0.25, -0.2) is 13.2 Å². The molecule has 0 unspecified atom stereocenters.